The zero-order chi connectivity index (χ0) is 5.40. The van der Waals surface area contributed by atoms with Crippen LogP contribution in [0.4, 0.5) is 0 Å². The summed E-state index contributed by atoms with van der Waals surface area (Å²) in [6, 6.07) is 0.787. The molecule has 2 fully saturated rings. The lowest BCUT2D eigenvalue weighted by Crippen LogP contribution is -2.20. The van der Waals surface area contributed by atoms with Crippen LogP contribution in [0.1, 0.15) is 19.3 Å². The van der Waals surface area contributed by atoms with E-state index in [-0.39, 0.29) is 0 Å². The minimum atomic E-state index is 0.787. The molecule has 2 heterocycles. The molecule has 0 N–H and O–H groups in total. The number of rotatable bonds is 0. The molecule has 0 spiro atoms. The Labute approximate surface area is 49.4 Å². The van der Waals surface area contributed by atoms with Gasteiger partial charge in [0.15, 0.2) is 0 Å². The van der Waals surface area contributed by atoms with Crippen LogP contribution in [0.2, 0.25) is 0 Å². The summed E-state index contributed by atoms with van der Waals surface area (Å²) in [7, 11) is 0. The molecule has 0 amide bonds. The highest BCUT2D eigenvalue weighted by molar-refractivity contribution is 4.76. The van der Waals surface area contributed by atoms with Crippen molar-refractivity contribution in [3.05, 3.63) is 0 Å². The molecular formula is C6H11NO. The van der Waals surface area contributed by atoms with E-state index in [1.54, 1.807) is 0 Å². The van der Waals surface area contributed by atoms with Crippen LogP contribution in [0, 0.1) is 0 Å². The maximum atomic E-state index is 5.31. The van der Waals surface area contributed by atoms with E-state index in [0.717, 1.165) is 12.6 Å². The molecule has 0 radical (unpaired) electrons. The van der Waals surface area contributed by atoms with Gasteiger partial charge in [-0.3, -0.25) is 4.84 Å². The van der Waals surface area contributed by atoms with E-state index in [0.29, 0.717) is 0 Å². The molecule has 2 nitrogen and oxygen atoms in total. The maximum absolute atomic E-state index is 5.31. The van der Waals surface area contributed by atoms with Gasteiger partial charge in [-0.25, -0.2) is 0 Å². The Kier molecular flexibility index (Phi) is 1.02. The molecule has 0 aliphatic carbocycles. The van der Waals surface area contributed by atoms with E-state index < -0.39 is 0 Å². The molecule has 2 rings (SSSR count). The van der Waals surface area contributed by atoms with Crippen LogP contribution in [0.3, 0.4) is 0 Å². The second-order valence-corrected chi connectivity index (χ2v) is 2.56. The predicted octanol–water partition coefficient (Wildman–Crippen LogP) is 0.786. The third-order valence-corrected chi connectivity index (χ3v) is 2.03. The molecule has 0 saturated carbocycles. The first-order valence-electron chi connectivity index (χ1n) is 3.36. The number of hydrogen-bond donors (Lipinski definition) is 0. The normalized spacial score (nSPS) is 38.2. The highest BCUT2D eigenvalue weighted by atomic mass is 16.7. The van der Waals surface area contributed by atoms with E-state index in [2.05, 4.69) is 5.06 Å². The van der Waals surface area contributed by atoms with Gasteiger partial charge in [-0.15, -0.1) is 0 Å². The number of nitrogens with zero attached hydrogens (tertiary/aromatic N) is 1. The fourth-order valence-corrected chi connectivity index (χ4v) is 1.57. The molecule has 1 unspecified atom stereocenters. The van der Waals surface area contributed by atoms with Gasteiger partial charge < -0.3 is 0 Å². The van der Waals surface area contributed by atoms with Gasteiger partial charge in [0.25, 0.3) is 0 Å². The third-order valence-electron chi connectivity index (χ3n) is 2.03. The number of hydroxylamine groups is 2. The zero-order valence-corrected chi connectivity index (χ0v) is 4.97. The van der Waals surface area contributed by atoms with E-state index in [4.69, 9.17) is 4.84 Å². The molecule has 0 aromatic heterocycles. The second-order valence-electron chi connectivity index (χ2n) is 2.56. The number of hydrogen-bond acceptors (Lipinski definition) is 2. The zero-order valence-electron chi connectivity index (χ0n) is 4.97. The van der Waals surface area contributed by atoms with Gasteiger partial charge in [0.05, 0.1) is 6.61 Å². The molecule has 2 heteroatoms. The van der Waals surface area contributed by atoms with Crippen molar-refractivity contribution >= 4 is 0 Å². The van der Waals surface area contributed by atoms with Gasteiger partial charge in [-0.2, -0.15) is 5.06 Å². The topological polar surface area (TPSA) is 12.5 Å². The van der Waals surface area contributed by atoms with Gasteiger partial charge in [0.2, 0.25) is 0 Å². The minimum absolute atomic E-state index is 0.787. The molecule has 2 aliphatic heterocycles. The van der Waals surface area contributed by atoms with E-state index in [1.165, 1.54) is 25.8 Å². The maximum Gasteiger partial charge on any atom is 0.0701 e. The molecule has 0 aromatic carbocycles. The molecule has 2 aliphatic rings. The van der Waals surface area contributed by atoms with Crippen LogP contribution >= 0.6 is 0 Å². The average Bonchev–Trinajstić information content (AvgIpc) is 2.15. The van der Waals surface area contributed by atoms with Crippen molar-refractivity contribution in [3.8, 4) is 0 Å². The lowest BCUT2D eigenvalue weighted by Gasteiger charge is -2.10. The summed E-state index contributed by atoms with van der Waals surface area (Å²) in [4.78, 5) is 5.31. The van der Waals surface area contributed by atoms with Crippen molar-refractivity contribution in [1.29, 1.82) is 0 Å². The van der Waals surface area contributed by atoms with Crippen molar-refractivity contribution in [2.45, 2.75) is 25.3 Å². The Morgan fingerprint density at radius 2 is 2.38 bits per heavy atom. The molecule has 0 bridgehead atoms. The summed E-state index contributed by atoms with van der Waals surface area (Å²) in [6.45, 7) is 2.13. The van der Waals surface area contributed by atoms with Crippen LogP contribution in [-0.2, 0) is 4.84 Å². The van der Waals surface area contributed by atoms with Gasteiger partial charge in [-0.1, -0.05) is 0 Å². The Bertz CT molecular complexity index is 74.5. The second kappa shape index (κ2) is 1.71. The van der Waals surface area contributed by atoms with Gasteiger partial charge in [-0.05, 0) is 19.3 Å². The lowest BCUT2D eigenvalue weighted by atomic mass is 10.2. The SMILES string of the molecule is C1CC2CCON2C1. The van der Waals surface area contributed by atoms with Crippen LogP contribution < -0.4 is 0 Å². The van der Waals surface area contributed by atoms with E-state index >= 15 is 0 Å². The van der Waals surface area contributed by atoms with Crippen molar-refractivity contribution in [3.63, 3.8) is 0 Å². The molecular weight excluding hydrogens is 102 g/mol. The summed E-state index contributed by atoms with van der Waals surface area (Å²) < 4.78 is 0. The van der Waals surface area contributed by atoms with Gasteiger partial charge in [0.1, 0.15) is 0 Å². The summed E-state index contributed by atoms with van der Waals surface area (Å²) in [5, 5.41) is 2.14. The van der Waals surface area contributed by atoms with Crippen molar-refractivity contribution in [2.24, 2.45) is 0 Å². The Hall–Kier alpha value is -0.0800. The first-order valence-corrected chi connectivity index (χ1v) is 3.36. The van der Waals surface area contributed by atoms with Crippen LogP contribution in [0.25, 0.3) is 0 Å². The van der Waals surface area contributed by atoms with Crippen LogP contribution in [-0.4, -0.2) is 24.3 Å². The molecule has 0 aromatic rings. The summed E-state index contributed by atoms with van der Waals surface area (Å²) in [6.07, 6.45) is 3.96. The average molecular weight is 113 g/mol. The fraction of sp³-hybridized carbons (Fsp3) is 1.00. The van der Waals surface area contributed by atoms with Crippen LogP contribution in [0.5, 0.6) is 0 Å². The number of fused-ring (bicyclic) bond motifs is 1. The van der Waals surface area contributed by atoms with E-state index in [1.807, 2.05) is 0 Å². The first-order chi connectivity index (χ1) is 3.97. The molecule has 8 heavy (non-hydrogen) atoms. The minimum Gasteiger partial charge on any atom is -0.299 e. The summed E-state index contributed by atoms with van der Waals surface area (Å²) in [5.41, 5.74) is 0. The smallest absolute Gasteiger partial charge is 0.0701 e. The molecule has 2 saturated heterocycles. The highest BCUT2D eigenvalue weighted by Crippen LogP contribution is 2.24. The Balaban J connectivity index is 2.04. The highest BCUT2D eigenvalue weighted by Gasteiger charge is 2.29. The van der Waals surface area contributed by atoms with E-state index in [9.17, 15) is 0 Å². The lowest BCUT2D eigenvalue weighted by molar-refractivity contribution is -0.113. The molecule has 46 valence electrons. The third kappa shape index (κ3) is 0.565. The molecule has 1 atom stereocenters. The van der Waals surface area contributed by atoms with Gasteiger partial charge in [0, 0.05) is 12.6 Å². The van der Waals surface area contributed by atoms with Crippen molar-refractivity contribution in [1.82, 2.24) is 5.06 Å². The van der Waals surface area contributed by atoms with Gasteiger partial charge >= 0.3 is 0 Å². The van der Waals surface area contributed by atoms with Crippen LogP contribution in [0.15, 0.2) is 0 Å². The van der Waals surface area contributed by atoms with Crippen molar-refractivity contribution in [2.75, 3.05) is 13.2 Å². The quantitative estimate of drug-likeness (QED) is 0.460. The first kappa shape index (κ1) is 4.77. The monoisotopic (exact) mass is 113 g/mol. The fourth-order valence-electron chi connectivity index (χ4n) is 1.57. The Morgan fingerprint density at radius 1 is 1.38 bits per heavy atom. The van der Waals surface area contributed by atoms with Crippen molar-refractivity contribution < 1.29 is 4.84 Å². The predicted molar refractivity (Wildman–Crippen MR) is 30.3 cm³/mol. The Morgan fingerprint density at radius 3 is 3.25 bits per heavy atom. The largest absolute Gasteiger partial charge is 0.299 e. The standard InChI is InChI=1S/C6H11NO/c1-2-6-3-5-8-7(6)4-1/h6H,1-5H2. The summed E-state index contributed by atoms with van der Waals surface area (Å²) in [5.74, 6) is 0. The summed E-state index contributed by atoms with van der Waals surface area (Å²) >= 11 is 0.